The first-order valence-electron chi connectivity index (χ1n) is 7.42. The van der Waals surface area contributed by atoms with Crippen molar-refractivity contribution in [1.29, 1.82) is 0 Å². The van der Waals surface area contributed by atoms with Gasteiger partial charge in [0.25, 0.3) is 5.91 Å². The maximum absolute atomic E-state index is 12.7. The number of hydrogen-bond donors (Lipinski definition) is 3. The number of sulfonamides is 1. The fourth-order valence-corrected chi connectivity index (χ4v) is 4.77. The number of hydrogen-bond acceptors (Lipinski definition) is 4. The van der Waals surface area contributed by atoms with Crippen molar-refractivity contribution >= 4 is 28.3 Å². The number of halogens is 1. The van der Waals surface area contributed by atoms with Crippen LogP contribution in [0.2, 0.25) is 0 Å². The summed E-state index contributed by atoms with van der Waals surface area (Å²) in [5, 5.41) is 0. The predicted octanol–water partition coefficient (Wildman–Crippen LogP) is 0.732. The fraction of sp³-hybridized carbons (Fsp3) is 0.643. The van der Waals surface area contributed by atoms with Gasteiger partial charge >= 0.3 is 0 Å². The summed E-state index contributed by atoms with van der Waals surface area (Å²) < 4.78 is 29.5. The SMILES string of the molecule is CC1CCCCC1(CN)NS(=O)(=O)c1cc(C(N)=O)n(C)c1.Cl. The summed E-state index contributed by atoms with van der Waals surface area (Å²) in [6.07, 6.45) is 5.09. The summed E-state index contributed by atoms with van der Waals surface area (Å²) in [4.78, 5) is 11.3. The van der Waals surface area contributed by atoms with E-state index in [1.54, 1.807) is 7.05 Å². The number of nitrogens with one attached hydrogen (secondary N) is 1. The van der Waals surface area contributed by atoms with Crippen LogP contribution in [0.1, 0.15) is 43.1 Å². The molecule has 1 saturated carbocycles. The van der Waals surface area contributed by atoms with E-state index in [2.05, 4.69) is 4.72 Å². The van der Waals surface area contributed by atoms with Crippen molar-refractivity contribution in [3.63, 3.8) is 0 Å². The Morgan fingerprint density at radius 3 is 2.61 bits per heavy atom. The van der Waals surface area contributed by atoms with Crippen LogP contribution in [-0.4, -0.2) is 31.0 Å². The number of nitrogens with two attached hydrogens (primary N) is 2. The van der Waals surface area contributed by atoms with Crippen LogP contribution < -0.4 is 16.2 Å². The second kappa shape index (κ2) is 7.21. The molecular weight excluding hydrogens is 340 g/mol. The lowest BCUT2D eigenvalue weighted by Gasteiger charge is -2.42. The Hall–Kier alpha value is -1.09. The van der Waals surface area contributed by atoms with Gasteiger partial charge in [-0.2, -0.15) is 0 Å². The second-order valence-corrected chi connectivity index (χ2v) is 7.83. The predicted molar refractivity (Wildman–Crippen MR) is 90.9 cm³/mol. The minimum Gasteiger partial charge on any atom is -0.364 e. The monoisotopic (exact) mass is 364 g/mol. The van der Waals surface area contributed by atoms with Gasteiger partial charge in [-0.25, -0.2) is 13.1 Å². The molecule has 7 nitrogen and oxygen atoms in total. The van der Waals surface area contributed by atoms with Gasteiger partial charge in [0.05, 0.1) is 0 Å². The van der Waals surface area contributed by atoms with Crippen molar-refractivity contribution in [3.8, 4) is 0 Å². The zero-order valence-corrected chi connectivity index (χ0v) is 15.0. The third-order valence-electron chi connectivity index (χ3n) is 4.70. The Morgan fingerprint density at radius 1 is 1.48 bits per heavy atom. The molecule has 2 unspecified atom stereocenters. The summed E-state index contributed by atoms with van der Waals surface area (Å²) in [6, 6.07) is 1.29. The van der Waals surface area contributed by atoms with Gasteiger partial charge in [0.15, 0.2) is 0 Å². The Bertz CT molecular complexity index is 674. The lowest BCUT2D eigenvalue weighted by atomic mass is 9.74. The zero-order valence-electron chi connectivity index (χ0n) is 13.4. The van der Waals surface area contributed by atoms with Gasteiger partial charge in [-0.1, -0.05) is 19.8 Å². The Kier molecular flexibility index (Phi) is 6.25. The van der Waals surface area contributed by atoms with Crippen molar-refractivity contribution in [2.24, 2.45) is 24.4 Å². The first-order valence-corrected chi connectivity index (χ1v) is 8.90. The van der Waals surface area contributed by atoms with Crippen LogP contribution in [0.4, 0.5) is 0 Å². The number of aromatic nitrogens is 1. The van der Waals surface area contributed by atoms with Crippen LogP contribution in [0, 0.1) is 5.92 Å². The molecule has 2 rings (SSSR count). The van der Waals surface area contributed by atoms with E-state index in [0.717, 1.165) is 25.7 Å². The largest absolute Gasteiger partial charge is 0.364 e. The maximum atomic E-state index is 12.7. The number of carbonyl (C=O) groups excluding carboxylic acids is 1. The molecule has 132 valence electrons. The van der Waals surface area contributed by atoms with Crippen LogP contribution >= 0.6 is 12.4 Å². The molecule has 1 amide bonds. The molecule has 1 aliphatic rings. The summed E-state index contributed by atoms with van der Waals surface area (Å²) >= 11 is 0. The summed E-state index contributed by atoms with van der Waals surface area (Å²) in [7, 11) is -2.17. The van der Waals surface area contributed by atoms with Crippen LogP contribution in [-0.2, 0) is 17.1 Å². The van der Waals surface area contributed by atoms with Gasteiger partial charge in [-0.3, -0.25) is 4.79 Å². The number of primary amides is 1. The molecule has 0 aromatic carbocycles. The Balaban J connectivity index is 0.00000264. The van der Waals surface area contributed by atoms with Crippen molar-refractivity contribution in [2.45, 2.75) is 43.0 Å². The summed E-state index contributed by atoms with van der Waals surface area (Å²) in [5.74, 6) is -0.496. The number of rotatable bonds is 5. The molecule has 0 spiro atoms. The third kappa shape index (κ3) is 3.88. The standard InChI is InChI=1S/C14H24N4O3S.ClH/c1-10-5-3-4-6-14(10,9-15)17-22(20,21)11-7-12(13(16)19)18(2)8-11;/h7-8,10,17H,3-6,9,15H2,1-2H3,(H2,16,19);1H. The number of carbonyl (C=O) groups is 1. The molecular formula is C14H25ClN4O3S. The van der Waals surface area contributed by atoms with Crippen molar-refractivity contribution in [1.82, 2.24) is 9.29 Å². The van der Waals surface area contributed by atoms with Gasteiger partial charge in [0.1, 0.15) is 10.6 Å². The quantitative estimate of drug-likeness (QED) is 0.713. The molecule has 1 aromatic rings. The Labute approximate surface area is 143 Å². The second-order valence-electron chi connectivity index (χ2n) is 6.15. The molecule has 5 N–H and O–H groups in total. The lowest BCUT2D eigenvalue weighted by molar-refractivity contribution is 0.0992. The minimum atomic E-state index is -3.76. The first-order chi connectivity index (χ1) is 10.2. The van der Waals surface area contributed by atoms with E-state index >= 15 is 0 Å². The lowest BCUT2D eigenvalue weighted by Crippen LogP contribution is -2.58. The van der Waals surface area contributed by atoms with E-state index in [9.17, 15) is 13.2 Å². The van der Waals surface area contributed by atoms with Gasteiger partial charge in [0.2, 0.25) is 10.0 Å². The van der Waals surface area contributed by atoms with Gasteiger partial charge in [-0.15, -0.1) is 12.4 Å². The van der Waals surface area contributed by atoms with Crippen molar-refractivity contribution in [3.05, 3.63) is 18.0 Å². The molecule has 1 heterocycles. The van der Waals surface area contributed by atoms with E-state index in [1.807, 2.05) is 6.92 Å². The molecule has 2 atom stereocenters. The van der Waals surface area contributed by atoms with E-state index in [-0.39, 0.29) is 35.5 Å². The average Bonchev–Trinajstić information content (AvgIpc) is 2.84. The third-order valence-corrected chi connectivity index (χ3v) is 6.22. The van der Waals surface area contributed by atoms with E-state index < -0.39 is 21.5 Å². The van der Waals surface area contributed by atoms with Crippen LogP contribution in [0.3, 0.4) is 0 Å². The molecule has 0 aliphatic heterocycles. The topological polar surface area (TPSA) is 120 Å². The van der Waals surface area contributed by atoms with Crippen molar-refractivity contribution < 1.29 is 13.2 Å². The van der Waals surface area contributed by atoms with E-state index in [0.29, 0.717) is 0 Å². The normalized spacial score (nSPS) is 24.9. The molecule has 23 heavy (non-hydrogen) atoms. The van der Waals surface area contributed by atoms with Gasteiger partial charge in [-0.05, 0) is 24.8 Å². The molecule has 1 aromatic heterocycles. The van der Waals surface area contributed by atoms with Crippen LogP contribution in [0.15, 0.2) is 17.2 Å². The highest BCUT2D eigenvalue weighted by Gasteiger charge is 2.40. The molecule has 1 aliphatic carbocycles. The summed E-state index contributed by atoms with van der Waals surface area (Å²) in [6.45, 7) is 2.28. The van der Waals surface area contributed by atoms with Gasteiger partial charge < -0.3 is 16.0 Å². The molecule has 0 bridgehead atoms. The number of aryl methyl sites for hydroxylation is 1. The maximum Gasteiger partial charge on any atom is 0.265 e. The highest BCUT2D eigenvalue weighted by molar-refractivity contribution is 7.89. The highest BCUT2D eigenvalue weighted by Crippen LogP contribution is 2.34. The van der Waals surface area contributed by atoms with Gasteiger partial charge in [0, 0.05) is 25.3 Å². The van der Waals surface area contributed by atoms with Crippen LogP contribution in [0.25, 0.3) is 0 Å². The molecule has 1 fully saturated rings. The smallest absolute Gasteiger partial charge is 0.265 e. The average molecular weight is 365 g/mol. The number of amides is 1. The zero-order chi connectivity index (χ0) is 16.5. The number of nitrogens with zero attached hydrogens (tertiary/aromatic N) is 1. The molecule has 9 heteroatoms. The first kappa shape index (κ1) is 20.0. The summed E-state index contributed by atoms with van der Waals surface area (Å²) in [5.41, 5.74) is 10.7. The highest BCUT2D eigenvalue weighted by atomic mass is 35.5. The fourth-order valence-electron chi connectivity index (χ4n) is 3.16. The van der Waals surface area contributed by atoms with E-state index in [1.165, 1.54) is 16.8 Å². The molecule has 0 radical (unpaired) electrons. The molecule has 0 saturated heterocycles. The van der Waals surface area contributed by atoms with Crippen LogP contribution in [0.5, 0.6) is 0 Å². The minimum absolute atomic E-state index is 0. The Morgan fingerprint density at radius 2 is 2.13 bits per heavy atom. The van der Waals surface area contributed by atoms with E-state index in [4.69, 9.17) is 11.5 Å². The van der Waals surface area contributed by atoms with Crippen molar-refractivity contribution in [2.75, 3.05) is 6.54 Å².